The zero-order chi connectivity index (χ0) is 20.6. The van der Waals surface area contributed by atoms with Crippen LogP contribution in [0.15, 0.2) is 42.5 Å². The summed E-state index contributed by atoms with van der Waals surface area (Å²) in [5.41, 5.74) is 2.21. The number of hydrogen-bond acceptors (Lipinski definition) is 5. The third-order valence-electron chi connectivity index (χ3n) is 5.12. The Hall–Kier alpha value is -3.09. The fourth-order valence-electron chi connectivity index (χ4n) is 3.44. The Morgan fingerprint density at radius 3 is 2.38 bits per heavy atom. The van der Waals surface area contributed by atoms with Crippen LogP contribution in [-0.4, -0.2) is 65.0 Å². The maximum atomic E-state index is 12.5. The van der Waals surface area contributed by atoms with Crippen molar-refractivity contribution in [2.75, 3.05) is 59.0 Å². The topological polar surface area (TPSA) is 63.3 Å². The molecule has 7 heteroatoms. The Morgan fingerprint density at radius 1 is 0.931 bits per heavy atom. The van der Waals surface area contributed by atoms with Crippen LogP contribution in [0.25, 0.3) is 0 Å². The van der Waals surface area contributed by atoms with Crippen LogP contribution < -0.4 is 24.4 Å². The van der Waals surface area contributed by atoms with Crippen LogP contribution in [0.1, 0.15) is 5.56 Å². The molecule has 1 heterocycles. The van der Waals surface area contributed by atoms with Gasteiger partial charge in [0, 0.05) is 44.5 Å². The molecular formula is C22H29N3O4. The van der Waals surface area contributed by atoms with Crippen molar-refractivity contribution in [1.29, 1.82) is 0 Å². The molecule has 0 spiro atoms. The maximum absolute atomic E-state index is 12.5. The first-order chi connectivity index (χ1) is 14.1. The van der Waals surface area contributed by atoms with E-state index in [2.05, 4.69) is 10.2 Å². The van der Waals surface area contributed by atoms with E-state index < -0.39 is 0 Å². The Morgan fingerprint density at radius 2 is 1.69 bits per heavy atom. The van der Waals surface area contributed by atoms with Crippen molar-refractivity contribution in [3.8, 4) is 17.2 Å². The summed E-state index contributed by atoms with van der Waals surface area (Å²) in [7, 11) is 4.92. The Bertz CT molecular complexity index is 819. The van der Waals surface area contributed by atoms with Gasteiger partial charge in [-0.1, -0.05) is 12.1 Å². The number of methoxy groups -OCH3 is 3. The summed E-state index contributed by atoms with van der Waals surface area (Å²) in [4.78, 5) is 16.6. The zero-order valence-electron chi connectivity index (χ0n) is 17.3. The zero-order valence-corrected chi connectivity index (χ0v) is 17.3. The molecule has 1 saturated heterocycles. The second kappa shape index (κ2) is 9.91. The minimum Gasteiger partial charge on any atom is -0.497 e. The first-order valence-electron chi connectivity index (χ1n) is 9.77. The molecule has 0 aromatic heterocycles. The number of benzene rings is 2. The monoisotopic (exact) mass is 399 g/mol. The highest BCUT2D eigenvalue weighted by Crippen LogP contribution is 2.31. The van der Waals surface area contributed by atoms with Gasteiger partial charge in [0.25, 0.3) is 0 Å². The molecule has 0 radical (unpaired) electrons. The number of amides is 2. The van der Waals surface area contributed by atoms with Crippen LogP contribution in [0, 0.1) is 0 Å². The van der Waals surface area contributed by atoms with Gasteiger partial charge in [-0.05, 0) is 36.2 Å². The first-order valence-corrected chi connectivity index (χ1v) is 9.77. The molecule has 0 aliphatic carbocycles. The highest BCUT2D eigenvalue weighted by atomic mass is 16.5. The van der Waals surface area contributed by atoms with Gasteiger partial charge in [-0.2, -0.15) is 0 Å². The number of nitrogens with zero attached hydrogens (tertiary/aromatic N) is 2. The molecule has 29 heavy (non-hydrogen) atoms. The van der Waals surface area contributed by atoms with Crippen molar-refractivity contribution >= 4 is 11.7 Å². The number of nitrogens with one attached hydrogen (secondary N) is 1. The molecule has 1 fully saturated rings. The molecule has 3 rings (SSSR count). The fraction of sp³-hybridized carbons (Fsp3) is 0.409. The molecule has 0 saturated carbocycles. The van der Waals surface area contributed by atoms with Crippen LogP contribution in [-0.2, 0) is 6.42 Å². The van der Waals surface area contributed by atoms with Gasteiger partial charge in [-0.3, -0.25) is 0 Å². The Kier molecular flexibility index (Phi) is 7.05. The van der Waals surface area contributed by atoms with Gasteiger partial charge in [0.2, 0.25) is 0 Å². The largest absolute Gasteiger partial charge is 0.497 e. The molecule has 7 nitrogen and oxygen atoms in total. The van der Waals surface area contributed by atoms with Crippen molar-refractivity contribution in [3.63, 3.8) is 0 Å². The van der Waals surface area contributed by atoms with Gasteiger partial charge in [0.15, 0.2) is 11.5 Å². The third-order valence-corrected chi connectivity index (χ3v) is 5.12. The minimum atomic E-state index is -0.0140. The van der Waals surface area contributed by atoms with E-state index >= 15 is 0 Å². The van der Waals surface area contributed by atoms with Gasteiger partial charge in [0.05, 0.1) is 21.3 Å². The highest BCUT2D eigenvalue weighted by molar-refractivity contribution is 5.74. The number of ether oxygens (including phenoxy) is 3. The number of carbonyl (C=O) groups is 1. The summed E-state index contributed by atoms with van der Waals surface area (Å²) in [6.45, 7) is 3.51. The number of rotatable bonds is 7. The van der Waals surface area contributed by atoms with Crippen LogP contribution in [0.2, 0.25) is 0 Å². The number of urea groups is 1. The summed E-state index contributed by atoms with van der Waals surface area (Å²) in [5, 5.41) is 3.02. The van der Waals surface area contributed by atoms with E-state index in [4.69, 9.17) is 14.2 Å². The lowest BCUT2D eigenvalue weighted by Crippen LogP contribution is -2.52. The first kappa shape index (κ1) is 20.6. The van der Waals surface area contributed by atoms with Gasteiger partial charge in [-0.25, -0.2) is 4.79 Å². The number of carbonyl (C=O) groups excluding carboxylic acids is 1. The van der Waals surface area contributed by atoms with E-state index in [0.717, 1.165) is 36.5 Å². The Balaban J connectivity index is 1.47. The smallest absolute Gasteiger partial charge is 0.317 e. The molecular weight excluding hydrogens is 370 g/mol. The van der Waals surface area contributed by atoms with Gasteiger partial charge in [-0.15, -0.1) is 0 Å². The average molecular weight is 399 g/mol. The van der Waals surface area contributed by atoms with Crippen molar-refractivity contribution in [3.05, 3.63) is 48.0 Å². The summed E-state index contributed by atoms with van der Waals surface area (Å²) in [6.07, 6.45) is 0.772. The summed E-state index contributed by atoms with van der Waals surface area (Å²) in [5.74, 6) is 2.26. The van der Waals surface area contributed by atoms with Crippen LogP contribution in [0.3, 0.4) is 0 Å². The quantitative estimate of drug-likeness (QED) is 0.776. The van der Waals surface area contributed by atoms with E-state index in [9.17, 15) is 4.79 Å². The summed E-state index contributed by atoms with van der Waals surface area (Å²) < 4.78 is 15.9. The van der Waals surface area contributed by atoms with Crippen molar-refractivity contribution in [2.24, 2.45) is 0 Å². The second-order valence-electron chi connectivity index (χ2n) is 6.85. The summed E-state index contributed by atoms with van der Waals surface area (Å²) >= 11 is 0. The molecule has 0 unspecified atom stereocenters. The van der Waals surface area contributed by atoms with Crippen LogP contribution >= 0.6 is 0 Å². The van der Waals surface area contributed by atoms with Gasteiger partial charge >= 0.3 is 6.03 Å². The summed E-state index contributed by atoms with van der Waals surface area (Å²) in [6, 6.07) is 13.8. The van der Waals surface area contributed by atoms with E-state index in [0.29, 0.717) is 31.1 Å². The molecule has 2 aromatic carbocycles. The lowest BCUT2D eigenvalue weighted by atomic mass is 10.1. The van der Waals surface area contributed by atoms with Gasteiger partial charge < -0.3 is 29.3 Å². The molecule has 1 aliphatic heterocycles. The number of piperazine rings is 1. The van der Waals surface area contributed by atoms with Crippen molar-refractivity contribution in [1.82, 2.24) is 10.2 Å². The van der Waals surface area contributed by atoms with Gasteiger partial charge in [0.1, 0.15) is 5.75 Å². The molecule has 2 aromatic rings. The fourth-order valence-corrected chi connectivity index (χ4v) is 3.44. The molecule has 1 N–H and O–H groups in total. The number of anilines is 1. The second-order valence-corrected chi connectivity index (χ2v) is 6.85. The number of hydrogen-bond donors (Lipinski definition) is 1. The molecule has 2 amide bonds. The standard InChI is InChI=1S/C22H29N3O4/c1-27-19-6-4-5-17(15-19)9-10-23-22(26)25-13-11-24(12-14-25)18-7-8-20(28-2)21(16-18)29-3/h4-8,15-16H,9-14H2,1-3H3,(H,23,26). The SMILES string of the molecule is COc1cccc(CCNC(=O)N2CCN(c3ccc(OC)c(OC)c3)CC2)c1. The van der Waals surface area contributed by atoms with E-state index in [1.165, 1.54) is 0 Å². The molecule has 0 atom stereocenters. The van der Waals surface area contributed by atoms with E-state index in [1.54, 1.807) is 21.3 Å². The Labute approximate surface area is 172 Å². The molecule has 0 bridgehead atoms. The van der Waals surface area contributed by atoms with Crippen LogP contribution in [0.5, 0.6) is 17.2 Å². The van der Waals surface area contributed by atoms with E-state index in [1.807, 2.05) is 47.4 Å². The highest BCUT2D eigenvalue weighted by Gasteiger charge is 2.21. The van der Waals surface area contributed by atoms with Crippen molar-refractivity contribution in [2.45, 2.75) is 6.42 Å². The lowest BCUT2D eigenvalue weighted by molar-refractivity contribution is 0.194. The van der Waals surface area contributed by atoms with E-state index in [-0.39, 0.29) is 6.03 Å². The predicted octanol–water partition coefficient (Wildman–Crippen LogP) is 2.79. The molecule has 1 aliphatic rings. The lowest BCUT2D eigenvalue weighted by Gasteiger charge is -2.36. The van der Waals surface area contributed by atoms with Crippen molar-refractivity contribution < 1.29 is 19.0 Å². The third kappa shape index (κ3) is 5.25. The van der Waals surface area contributed by atoms with Crippen LogP contribution in [0.4, 0.5) is 10.5 Å². The molecule has 156 valence electrons. The predicted molar refractivity (Wildman–Crippen MR) is 113 cm³/mol. The normalized spacial score (nSPS) is 13.8. The maximum Gasteiger partial charge on any atom is 0.317 e. The minimum absolute atomic E-state index is 0.0140. The average Bonchev–Trinajstić information content (AvgIpc) is 2.78.